The number of halogens is 1. The fraction of sp³-hybridized carbons (Fsp3) is 0.500. The molecule has 0 atom stereocenters. The molecule has 4 heteroatoms. The van der Waals surface area contributed by atoms with Gasteiger partial charge in [-0.1, -0.05) is 5.88 Å². The van der Waals surface area contributed by atoms with Crippen molar-refractivity contribution in [3.8, 4) is 0 Å². The molecule has 0 heterocycles. The third-order valence-electron chi connectivity index (χ3n) is 0.0546. The van der Waals surface area contributed by atoms with Gasteiger partial charge in [-0.15, -0.1) is 0 Å². The molecule has 0 aliphatic heterocycles. The molecule has 0 radical (unpaired) electrons. The van der Waals surface area contributed by atoms with E-state index < -0.39 is 0 Å². The number of hydrogen-bond donors (Lipinski definition) is 0. The molecule has 0 aliphatic carbocycles. The average Bonchev–Trinajstić information content (AvgIpc) is 1.37. The third kappa shape index (κ3) is 17.7. The minimum absolute atomic E-state index is 0. The molecule has 0 saturated carbocycles. The second-order valence-electron chi connectivity index (χ2n) is 0.278. The van der Waals surface area contributed by atoms with Crippen LogP contribution in [0.1, 0.15) is 0 Å². The number of hydrogen-bond acceptors (Lipinski definition) is 1. The Morgan fingerprint density at radius 1 is 1.67 bits per heavy atom. The largest absolute Gasteiger partial charge is 1.00 e. The van der Waals surface area contributed by atoms with E-state index in [2.05, 4.69) is 0 Å². The molecule has 0 aromatic heterocycles. The molecule has 0 aliphatic rings. The van der Waals surface area contributed by atoms with Crippen molar-refractivity contribution in [3.63, 3.8) is 0 Å². The first-order valence-corrected chi connectivity index (χ1v) is 1.36. The molecule has 0 saturated heterocycles. The molecule has 0 bridgehead atoms. The third-order valence-corrected chi connectivity index (χ3v) is 0.164. The Kier molecular flexibility index (Phi) is 41.7. The van der Waals surface area contributed by atoms with Crippen molar-refractivity contribution in [2.45, 2.75) is 0 Å². The van der Waals surface area contributed by atoms with Crippen LogP contribution in [0, 0.1) is 0 Å². The standard InChI is InChI=1S/C2H2ClO.K.H2O/c3-1-2-4;;/h1H2;;1H2/q-1;+1;. The van der Waals surface area contributed by atoms with E-state index in [1.807, 2.05) is 0 Å². The van der Waals surface area contributed by atoms with Gasteiger partial charge in [-0.2, -0.15) is 11.6 Å². The molecular weight excluding hydrogens is 131 g/mol. The fourth-order valence-electron chi connectivity index (χ4n) is 0. The van der Waals surface area contributed by atoms with Crippen molar-refractivity contribution < 1.29 is 61.7 Å². The van der Waals surface area contributed by atoms with Crippen molar-refractivity contribution in [2.24, 2.45) is 0 Å². The van der Waals surface area contributed by atoms with E-state index in [9.17, 15) is 0 Å². The van der Waals surface area contributed by atoms with Gasteiger partial charge in [0.15, 0.2) is 0 Å². The Balaban J connectivity index is -0.0000000450. The summed E-state index contributed by atoms with van der Waals surface area (Å²) in [7, 11) is 0. The van der Waals surface area contributed by atoms with E-state index in [1.54, 1.807) is 0 Å². The quantitative estimate of drug-likeness (QED) is 0.209. The van der Waals surface area contributed by atoms with E-state index in [0.29, 0.717) is 0 Å². The average molecular weight is 135 g/mol. The second-order valence-corrected chi connectivity index (χ2v) is 0.545. The van der Waals surface area contributed by atoms with Gasteiger partial charge in [0.2, 0.25) is 0 Å². The summed E-state index contributed by atoms with van der Waals surface area (Å²) in [5.41, 5.74) is 0. The van der Waals surface area contributed by atoms with Crippen LogP contribution in [0.5, 0.6) is 0 Å². The van der Waals surface area contributed by atoms with E-state index in [1.165, 1.54) is 6.29 Å². The Hall–Kier alpha value is 1.56. The minimum Gasteiger partial charge on any atom is -0.541 e. The predicted octanol–water partition coefficient (Wildman–Crippen LogP) is -3.49. The van der Waals surface area contributed by atoms with Gasteiger partial charge >= 0.3 is 51.4 Å². The molecule has 0 unspecified atom stereocenters. The Bertz CT molecular complexity index is 25.5. The molecule has 6 heavy (non-hydrogen) atoms. The molecule has 0 aromatic carbocycles. The van der Waals surface area contributed by atoms with Gasteiger partial charge in [0.1, 0.15) is 0 Å². The first kappa shape index (κ1) is 15.6. The van der Waals surface area contributed by atoms with Crippen LogP contribution in [0.2, 0.25) is 0 Å². The fourth-order valence-corrected chi connectivity index (χ4v) is 0. The summed E-state index contributed by atoms with van der Waals surface area (Å²) in [6.07, 6.45) is 1.45. The maximum absolute atomic E-state index is 8.92. The normalized spacial score (nSPS) is 4.17. The molecule has 0 aromatic rings. The van der Waals surface area contributed by atoms with E-state index >= 15 is 0 Å². The summed E-state index contributed by atoms with van der Waals surface area (Å²) in [4.78, 5) is 8.92. The van der Waals surface area contributed by atoms with Crippen LogP contribution in [-0.4, -0.2) is 17.6 Å². The Morgan fingerprint density at radius 2 is 1.83 bits per heavy atom. The van der Waals surface area contributed by atoms with Crippen LogP contribution in [-0.2, 0) is 4.79 Å². The molecule has 2 nitrogen and oxygen atoms in total. The maximum atomic E-state index is 8.92. The monoisotopic (exact) mass is 134 g/mol. The molecule has 0 fully saturated rings. The molecular formula is C2H4ClKO2. The van der Waals surface area contributed by atoms with Gasteiger partial charge in [0.25, 0.3) is 0 Å². The summed E-state index contributed by atoms with van der Waals surface area (Å²) in [6, 6.07) is 0. The van der Waals surface area contributed by atoms with E-state index in [0.717, 1.165) is 0 Å². The number of alkyl halides is 1. The summed E-state index contributed by atoms with van der Waals surface area (Å²) in [6.45, 7) is 0. The molecule has 0 amide bonds. The smallest absolute Gasteiger partial charge is 0.541 e. The SMILES string of the molecule is O.O=[C-]CCl.[K+]. The minimum atomic E-state index is -0.0139. The van der Waals surface area contributed by atoms with Crippen LogP contribution in [0.4, 0.5) is 0 Å². The zero-order valence-electron chi connectivity index (χ0n) is 3.49. The van der Waals surface area contributed by atoms with Crippen molar-refractivity contribution >= 4 is 17.9 Å². The van der Waals surface area contributed by atoms with Gasteiger partial charge in [-0.3, -0.25) is 0 Å². The van der Waals surface area contributed by atoms with Crippen molar-refractivity contribution in [1.82, 2.24) is 0 Å². The van der Waals surface area contributed by atoms with Crippen molar-refractivity contribution in [1.29, 1.82) is 0 Å². The zero-order valence-corrected chi connectivity index (χ0v) is 7.37. The van der Waals surface area contributed by atoms with Gasteiger partial charge in [0, 0.05) is 0 Å². The van der Waals surface area contributed by atoms with Crippen LogP contribution < -0.4 is 51.4 Å². The first-order valence-electron chi connectivity index (χ1n) is 0.825. The topological polar surface area (TPSA) is 48.6 Å². The van der Waals surface area contributed by atoms with Gasteiger partial charge in [-0.05, 0) is 0 Å². The van der Waals surface area contributed by atoms with Crippen LogP contribution in [0.15, 0.2) is 0 Å². The van der Waals surface area contributed by atoms with E-state index in [4.69, 9.17) is 16.4 Å². The molecule has 32 valence electrons. The van der Waals surface area contributed by atoms with Crippen molar-refractivity contribution in [2.75, 3.05) is 5.88 Å². The van der Waals surface area contributed by atoms with Crippen LogP contribution in [0.3, 0.4) is 0 Å². The van der Waals surface area contributed by atoms with Crippen molar-refractivity contribution in [3.05, 3.63) is 0 Å². The summed E-state index contributed by atoms with van der Waals surface area (Å²) < 4.78 is 0. The van der Waals surface area contributed by atoms with Crippen LogP contribution >= 0.6 is 11.6 Å². The molecule has 2 N–H and O–H groups in total. The summed E-state index contributed by atoms with van der Waals surface area (Å²) in [5, 5.41) is 0. The van der Waals surface area contributed by atoms with Gasteiger partial charge < -0.3 is 10.3 Å². The zero-order chi connectivity index (χ0) is 3.41. The molecule has 0 spiro atoms. The summed E-state index contributed by atoms with van der Waals surface area (Å²) in [5.74, 6) is -0.0139. The van der Waals surface area contributed by atoms with Crippen LogP contribution in [0.25, 0.3) is 0 Å². The number of rotatable bonds is 1. The molecule has 0 rings (SSSR count). The predicted molar refractivity (Wildman–Crippen MR) is 20.0 cm³/mol. The first-order chi connectivity index (χ1) is 1.91. The number of carbonyl (C=O) groups excluding carboxylic acids is 1. The Labute approximate surface area is 84.0 Å². The van der Waals surface area contributed by atoms with E-state index in [-0.39, 0.29) is 62.7 Å². The van der Waals surface area contributed by atoms with Gasteiger partial charge in [-0.25, -0.2) is 6.29 Å². The summed E-state index contributed by atoms with van der Waals surface area (Å²) >= 11 is 4.76. The Morgan fingerprint density at radius 3 is 1.83 bits per heavy atom. The maximum Gasteiger partial charge on any atom is 1.00 e. The van der Waals surface area contributed by atoms with Gasteiger partial charge in [0.05, 0.1) is 0 Å². The second kappa shape index (κ2) is 16.0.